The Morgan fingerprint density at radius 1 is 1.32 bits per heavy atom. The lowest BCUT2D eigenvalue weighted by molar-refractivity contribution is 0.588. The Balaban J connectivity index is 2.33. The van der Waals surface area contributed by atoms with Crippen molar-refractivity contribution in [1.82, 2.24) is 10.3 Å². The predicted octanol–water partition coefficient (Wildman–Crippen LogP) is 4.85. The zero-order valence-electron chi connectivity index (χ0n) is 10.9. The third kappa shape index (κ3) is 3.69. The Bertz CT molecular complexity index is 554. The molecule has 1 aromatic carbocycles. The summed E-state index contributed by atoms with van der Waals surface area (Å²) in [5.74, 6) is 0. The Kier molecular flexibility index (Phi) is 5.22. The van der Waals surface area contributed by atoms with Gasteiger partial charge in [-0.25, -0.2) is 4.98 Å². The highest BCUT2D eigenvalue weighted by Crippen LogP contribution is 2.29. The maximum atomic E-state index is 6.11. The summed E-state index contributed by atoms with van der Waals surface area (Å²) in [4.78, 5) is 4.57. The summed E-state index contributed by atoms with van der Waals surface area (Å²) in [5, 5.41) is 7.82. The van der Waals surface area contributed by atoms with E-state index >= 15 is 0 Å². The normalized spacial score (nSPS) is 12.6. The minimum atomic E-state index is 0.0691. The number of nitrogens with one attached hydrogen (secondary N) is 1. The van der Waals surface area contributed by atoms with Gasteiger partial charge in [0.1, 0.15) is 0 Å². The Morgan fingerprint density at radius 3 is 2.68 bits per heavy atom. The number of aryl methyl sites for hydroxylation is 1. The van der Waals surface area contributed by atoms with Gasteiger partial charge in [0.2, 0.25) is 0 Å². The largest absolute Gasteiger partial charge is 0.305 e. The molecule has 2 nitrogen and oxygen atoms in total. The number of aromatic nitrogens is 1. The van der Waals surface area contributed by atoms with Gasteiger partial charge in [0.15, 0.2) is 0 Å². The van der Waals surface area contributed by atoms with Crippen LogP contribution >= 0.6 is 34.5 Å². The number of thiazole rings is 1. The van der Waals surface area contributed by atoms with Gasteiger partial charge < -0.3 is 5.32 Å². The summed E-state index contributed by atoms with van der Waals surface area (Å²) in [6, 6.07) is 5.81. The van der Waals surface area contributed by atoms with Gasteiger partial charge in [-0.3, -0.25) is 0 Å². The van der Waals surface area contributed by atoms with Gasteiger partial charge in [0.25, 0.3) is 0 Å². The molecule has 1 atom stereocenters. The topological polar surface area (TPSA) is 24.9 Å². The van der Waals surface area contributed by atoms with E-state index in [4.69, 9.17) is 23.2 Å². The number of benzene rings is 1. The van der Waals surface area contributed by atoms with Crippen LogP contribution in [0.1, 0.15) is 35.7 Å². The van der Waals surface area contributed by atoms with Gasteiger partial charge in [-0.05, 0) is 37.6 Å². The summed E-state index contributed by atoms with van der Waals surface area (Å²) < 4.78 is 0. The molecular weight excluding hydrogens is 299 g/mol. The summed E-state index contributed by atoms with van der Waals surface area (Å²) in [5.41, 5.74) is 2.13. The molecule has 5 heteroatoms. The quantitative estimate of drug-likeness (QED) is 0.853. The first-order valence-corrected chi connectivity index (χ1v) is 7.85. The van der Waals surface area contributed by atoms with Crippen molar-refractivity contribution in [3.05, 3.63) is 49.9 Å². The van der Waals surface area contributed by atoms with Crippen LogP contribution in [0.2, 0.25) is 10.0 Å². The number of hydrogen-bond acceptors (Lipinski definition) is 3. The minimum Gasteiger partial charge on any atom is -0.305 e. The fourth-order valence-corrected chi connectivity index (χ4v) is 2.83. The molecule has 2 aromatic rings. The average molecular weight is 315 g/mol. The first kappa shape index (κ1) is 14.8. The third-order valence-corrected chi connectivity index (χ3v) is 4.34. The second kappa shape index (κ2) is 6.71. The molecule has 2 rings (SSSR count). The lowest BCUT2D eigenvalue weighted by Gasteiger charge is -2.17. The first-order valence-electron chi connectivity index (χ1n) is 6.22. The zero-order valence-corrected chi connectivity index (χ0v) is 13.2. The van der Waals surface area contributed by atoms with Gasteiger partial charge in [0, 0.05) is 5.38 Å². The molecule has 0 fully saturated rings. The summed E-state index contributed by atoms with van der Waals surface area (Å²) in [6.45, 7) is 5.09. The number of nitrogens with zero attached hydrogens (tertiary/aromatic N) is 1. The minimum absolute atomic E-state index is 0.0691. The maximum Gasteiger partial charge on any atom is 0.0898 e. The van der Waals surface area contributed by atoms with E-state index in [1.807, 2.05) is 25.1 Å². The maximum absolute atomic E-state index is 6.11. The van der Waals surface area contributed by atoms with Crippen LogP contribution in [0.25, 0.3) is 0 Å². The van der Waals surface area contributed by atoms with E-state index in [1.54, 1.807) is 11.3 Å². The van der Waals surface area contributed by atoms with E-state index in [9.17, 15) is 0 Å². The number of hydrogen-bond donors (Lipinski definition) is 1. The molecule has 0 saturated carbocycles. The molecule has 19 heavy (non-hydrogen) atoms. The fraction of sp³-hybridized carbons (Fsp3) is 0.357. The second-order valence-electron chi connectivity index (χ2n) is 4.35. The van der Waals surface area contributed by atoms with Crippen LogP contribution in [0.5, 0.6) is 0 Å². The Hall–Kier alpha value is -0.610. The van der Waals surface area contributed by atoms with E-state index in [0.717, 1.165) is 29.2 Å². The molecule has 1 aromatic heterocycles. The van der Waals surface area contributed by atoms with Crippen molar-refractivity contribution >= 4 is 34.5 Å². The third-order valence-electron chi connectivity index (χ3n) is 2.81. The van der Waals surface area contributed by atoms with Crippen LogP contribution in [0.15, 0.2) is 23.6 Å². The monoisotopic (exact) mass is 314 g/mol. The Labute approximate surface area is 127 Å². The molecule has 0 aliphatic heterocycles. The van der Waals surface area contributed by atoms with Crippen molar-refractivity contribution in [2.45, 2.75) is 26.3 Å². The van der Waals surface area contributed by atoms with Gasteiger partial charge in [-0.1, -0.05) is 36.2 Å². The molecule has 1 N–H and O–H groups in total. The molecule has 0 amide bonds. The second-order valence-corrected chi connectivity index (χ2v) is 6.23. The highest BCUT2D eigenvalue weighted by Gasteiger charge is 2.17. The smallest absolute Gasteiger partial charge is 0.0898 e. The van der Waals surface area contributed by atoms with Crippen LogP contribution in [0.3, 0.4) is 0 Å². The lowest BCUT2D eigenvalue weighted by Crippen LogP contribution is -2.23. The molecule has 0 radical (unpaired) electrons. The summed E-state index contributed by atoms with van der Waals surface area (Å²) in [6.07, 6.45) is 1.07. The predicted molar refractivity (Wildman–Crippen MR) is 83.4 cm³/mol. The molecule has 0 spiro atoms. The van der Waals surface area contributed by atoms with Crippen molar-refractivity contribution < 1.29 is 0 Å². The van der Waals surface area contributed by atoms with Crippen LogP contribution in [0, 0.1) is 6.92 Å². The fourth-order valence-electron chi connectivity index (χ4n) is 1.89. The Morgan fingerprint density at radius 2 is 2.11 bits per heavy atom. The van der Waals surface area contributed by atoms with E-state index in [2.05, 4.69) is 22.6 Å². The molecule has 0 aliphatic rings. The van der Waals surface area contributed by atoms with Crippen LogP contribution in [-0.2, 0) is 0 Å². The molecule has 0 saturated heterocycles. The SMILES string of the molecule is CCCNC(c1ccc(Cl)c(Cl)c1)c1csc(C)n1. The van der Waals surface area contributed by atoms with Crippen molar-refractivity contribution in [2.24, 2.45) is 0 Å². The highest BCUT2D eigenvalue weighted by molar-refractivity contribution is 7.09. The number of halogens is 2. The molecule has 0 bridgehead atoms. The van der Waals surface area contributed by atoms with E-state index < -0.39 is 0 Å². The van der Waals surface area contributed by atoms with E-state index in [1.165, 1.54) is 0 Å². The molecular formula is C14H16Cl2N2S. The average Bonchev–Trinajstić information content (AvgIpc) is 2.80. The number of rotatable bonds is 5. The first-order chi connectivity index (χ1) is 9.11. The van der Waals surface area contributed by atoms with Gasteiger partial charge in [0.05, 0.1) is 26.8 Å². The molecule has 102 valence electrons. The molecule has 0 aliphatic carbocycles. The van der Waals surface area contributed by atoms with E-state index in [0.29, 0.717) is 10.0 Å². The van der Waals surface area contributed by atoms with Crippen molar-refractivity contribution in [2.75, 3.05) is 6.54 Å². The van der Waals surface area contributed by atoms with Gasteiger partial charge in [-0.15, -0.1) is 11.3 Å². The molecule has 1 unspecified atom stereocenters. The van der Waals surface area contributed by atoms with Gasteiger partial charge in [-0.2, -0.15) is 0 Å². The standard InChI is InChI=1S/C14H16Cl2N2S/c1-3-6-17-14(13-8-19-9(2)18-13)10-4-5-11(15)12(16)7-10/h4-5,7-8,14,17H,3,6H2,1-2H3. The highest BCUT2D eigenvalue weighted by atomic mass is 35.5. The van der Waals surface area contributed by atoms with Crippen molar-refractivity contribution in [3.63, 3.8) is 0 Å². The van der Waals surface area contributed by atoms with Crippen molar-refractivity contribution in [3.8, 4) is 0 Å². The van der Waals surface area contributed by atoms with Gasteiger partial charge >= 0.3 is 0 Å². The zero-order chi connectivity index (χ0) is 13.8. The van der Waals surface area contributed by atoms with Crippen LogP contribution in [-0.4, -0.2) is 11.5 Å². The summed E-state index contributed by atoms with van der Waals surface area (Å²) >= 11 is 13.7. The molecule has 1 heterocycles. The lowest BCUT2D eigenvalue weighted by atomic mass is 10.0. The van der Waals surface area contributed by atoms with Crippen LogP contribution in [0.4, 0.5) is 0 Å². The van der Waals surface area contributed by atoms with E-state index in [-0.39, 0.29) is 6.04 Å². The summed E-state index contributed by atoms with van der Waals surface area (Å²) in [7, 11) is 0. The van der Waals surface area contributed by atoms with Crippen LogP contribution < -0.4 is 5.32 Å². The van der Waals surface area contributed by atoms with Crippen molar-refractivity contribution in [1.29, 1.82) is 0 Å².